The van der Waals surface area contributed by atoms with Crippen molar-refractivity contribution in [2.75, 3.05) is 0 Å². The Morgan fingerprint density at radius 3 is 2.79 bits per heavy atom. The first-order chi connectivity index (χ1) is 9.02. The molecular weight excluding hydrogens is 304 g/mol. The molecule has 0 saturated carbocycles. The molecule has 0 fully saturated rings. The normalized spacial score (nSPS) is 10.7. The molecule has 0 aliphatic rings. The third kappa shape index (κ3) is 2.95. The Morgan fingerprint density at radius 2 is 2.11 bits per heavy atom. The van der Waals surface area contributed by atoms with Crippen LogP contribution in [0.2, 0.25) is 0 Å². The van der Waals surface area contributed by atoms with Crippen LogP contribution in [0, 0.1) is 13.8 Å². The van der Waals surface area contributed by atoms with Crippen molar-refractivity contribution < 1.29 is 4.79 Å². The summed E-state index contributed by atoms with van der Waals surface area (Å²) in [5, 5.41) is 4.37. The van der Waals surface area contributed by atoms with Gasteiger partial charge >= 0.3 is 0 Å². The molecule has 1 aromatic heterocycles. The summed E-state index contributed by atoms with van der Waals surface area (Å²) < 4.78 is 2.77. The fourth-order valence-electron chi connectivity index (χ4n) is 2.14. The molecule has 0 N–H and O–H groups in total. The van der Waals surface area contributed by atoms with Gasteiger partial charge in [-0.15, -0.1) is 0 Å². The maximum absolute atomic E-state index is 12.4. The number of aromatic nitrogens is 2. The van der Waals surface area contributed by atoms with Crippen LogP contribution in [0.4, 0.5) is 0 Å². The second-order valence-corrected chi connectivity index (χ2v) is 5.42. The first-order valence-electron chi connectivity index (χ1n) is 6.34. The fraction of sp³-hybridized carbons (Fsp3) is 0.333. The van der Waals surface area contributed by atoms with Crippen molar-refractivity contribution in [1.29, 1.82) is 0 Å². The van der Waals surface area contributed by atoms with Gasteiger partial charge in [0.15, 0.2) is 5.78 Å². The van der Waals surface area contributed by atoms with Crippen molar-refractivity contribution in [2.45, 2.75) is 33.7 Å². The van der Waals surface area contributed by atoms with Crippen LogP contribution in [0.1, 0.15) is 34.2 Å². The first-order valence-corrected chi connectivity index (χ1v) is 7.14. The predicted molar refractivity (Wildman–Crippen MR) is 79.6 cm³/mol. The van der Waals surface area contributed by atoms with E-state index in [0.717, 1.165) is 33.5 Å². The van der Waals surface area contributed by atoms with Gasteiger partial charge in [0.2, 0.25) is 0 Å². The van der Waals surface area contributed by atoms with Gasteiger partial charge in [0.25, 0.3) is 0 Å². The number of ketones is 1. The van der Waals surface area contributed by atoms with Crippen LogP contribution in [-0.4, -0.2) is 15.6 Å². The van der Waals surface area contributed by atoms with E-state index in [4.69, 9.17) is 0 Å². The van der Waals surface area contributed by atoms with E-state index in [1.165, 1.54) is 0 Å². The van der Waals surface area contributed by atoms with Crippen molar-refractivity contribution in [1.82, 2.24) is 9.78 Å². The van der Waals surface area contributed by atoms with E-state index >= 15 is 0 Å². The van der Waals surface area contributed by atoms with E-state index < -0.39 is 0 Å². The minimum absolute atomic E-state index is 0.116. The molecule has 4 heteroatoms. The number of carbonyl (C=O) groups is 1. The Labute approximate surface area is 121 Å². The Balaban J connectivity index is 2.28. The van der Waals surface area contributed by atoms with Crippen LogP contribution in [0.25, 0.3) is 0 Å². The summed E-state index contributed by atoms with van der Waals surface area (Å²) in [5.74, 6) is 0.116. The van der Waals surface area contributed by atoms with E-state index in [-0.39, 0.29) is 5.78 Å². The molecule has 19 heavy (non-hydrogen) atoms. The minimum Gasteiger partial charge on any atom is -0.294 e. The van der Waals surface area contributed by atoms with Crippen LogP contribution in [0.5, 0.6) is 0 Å². The highest BCUT2D eigenvalue weighted by molar-refractivity contribution is 9.10. The van der Waals surface area contributed by atoms with Crippen molar-refractivity contribution in [3.8, 4) is 0 Å². The summed E-state index contributed by atoms with van der Waals surface area (Å²) in [6.07, 6.45) is 0.386. The number of aryl methyl sites for hydroxylation is 3. The van der Waals surface area contributed by atoms with Gasteiger partial charge in [-0.1, -0.05) is 18.2 Å². The molecule has 3 nitrogen and oxygen atoms in total. The van der Waals surface area contributed by atoms with Crippen LogP contribution in [0.3, 0.4) is 0 Å². The van der Waals surface area contributed by atoms with Crippen molar-refractivity contribution in [2.24, 2.45) is 0 Å². The van der Waals surface area contributed by atoms with Crippen molar-refractivity contribution in [3.63, 3.8) is 0 Å². The summed E-state index contributed by atoms with van der Waals surface area (Å²) in [5.41, 5.74) is 3.74. The lowest BCUT2D eigenvalue weighted by atomic mass is 10.0. The van der Waals surface area contributed by atoms with Crippen molar-refractivity contribution >= 4 is 21.7 Å². The average Bonchev–Trinajstić information content (AvgIpc) is 2.72. The second kappa shape index (κ2) is 5.70. The Hall–Kier alpha value is -1.42. The van der Waals surface area contributed by atoms with E-state index in [1.807, 2.05) is 49.7 Å². The molecule has 0 saturated heterocycles. The van der Waals surface area contributed by atoms with Gasteiger partial charge in [-0.25, -0.2) is 0 Å². The molecule has 2 aromatic rings. The Morgan fingerprint density at radius 1 is 1.37 bits per heavy atom. The monoisotopic (exact) mass is 320 g/mol. The van der Waals surface area contributed by atoms with Crippen LogP contribution in [0.15, 0.2) is 28.7 Å². The molecule has 0 aliphatic carbocycles. The zero-order valence-corrected chi connectivity index (χ0v) is 13.0. The lowest BCUT2D eigenvalue weighted by Gasteiger charge is -2.07. The van der Waals surface area contributed by atoms with E-state index in [1.54, 1.807) is 0 Å². The molecule has 2 rings (SSSR count). The number of rotatable bonds is 4. The van der Waals surface area contributed by atoms with Gasteiger partial charge in [-0.05, 0) is 48.3 Å². The zero-order chi connectivity index (χ0) is 14.0. The number of benzene rings is 1. The van der Waals surface area contributed by atoms with Crippen LogP contribution in [-0.2, 0) is 13.0 Å². The second-order valence-electron chi connectivity index (χ2n) is 4.63. The number of nitrogens with zero attached hydrogens (tertiary/aromatic N) is 2. The maximum Gasteiger partial charge on any atom is 0.169 e. The number of carbonyl (C=O) groups excluding carboxylic acids is 1. The van der Waals surface area contributed by atoms with Crippen molar-refractivity contribution in [3.05, 3.63) is 51.3 Å². The highest BCUT2D eigenvalue weighted by Gasteiger charge is 2.14. The molecule has 0 spiro atoms. The lowest BCUT2D eigenvalue weighted by molar-refractivity contribution is 0.0989. The van der Waals surface area contributed by atoms with Gasteiger partial charge < -0.3 is 0 Å². The largest absolute Gasteiger partial charge is 0.294 e. The Kier molecular flexibility index (Phi) is 4.20. The molecule has 0 amide bonds. The summed E-state index contributed by atoms with van der Waals surface area (Å²) in [6.45, 7) is 6.75. The average molecular weight is 321 g/mol. The van der Waals surface area contributed by atoms with Gasteiger partial charge in [-0.2, -0.15) is 5.10 Å². The molecule has 0 unspecified atom stereocenters. The summed E-state index contributed by atoms with van der Waals surface area (Å²) in [7, 11) is 0. The molecule has 0 radical (unpaired) electrons. The standard InChI is InChI=1S/C15H17BrN2O/c1-4-18-12(8-11(3)17-18)9-14(19)13-7-5-6-10(2)15(13)16/h5-8H,4,9H2,1-3H3. The molecule has 1 aromatic carbocycles. The molecular formula is C15H17BrN2O. The molecule has 0 atom stereocenters. The lowest BCUT2D eigenvalue weighted by Crippen LogP contribution is -2.10. The summed E-state index contributed by atoms with van der Waals surface area (Å²) in [6, 6.07) is 7.74. The highest BCUT2D eigenvalue weighted by atomic mass is 79.9. The Bertz CT molecular complexity index is 617. The van der Waals surface area contributed by atoms with Crippen LogP contribution >= 0.6 is 15.9 Å². The molecule has 1 heterocycles. The summed E-state index contributed by atoms with van der Waals surface area (Å²) in [4.78, 5) is 12.4. The van der Waals surface area contributed by atoms with E-state index in [2.05, 4.69) is 21.0 Å². The SMILES string of the molecule is CCn1nc(C)cc1CC(=O)c1cccc(C)c1Br. The number of Topliss-reactive ketones (excluding diaryl/α,β-unsaturated/α-hetero) is 1. The van der Waals surface area contributed by atoms with E-state index in [9.17, 15) is 4.79 Å². The highest BCUT2D eigenvalue weighted by Crippen LogP contribution is 2.22. The third-order valence-corrected chi connectivity index (χ3v) is 4.17. The predicted octanol–water partition coefficient (Wildman–Crippen LogP) is 3.71. The van der Waals surface area contributed by atoms with Gasteiger partial charge in [-0.3, -0.25) is 9.48 Å². The quantitative estimate of drug-likeness (QED) is 0.805. The minimum atomic E-state index is 0.116. The van der Waals surface area contributed by atoms with Gasteiger partial charge in [0.1, 0.15) is 0 Å². The third-order valence-electron chi connectivity index (χ3n) is 3.12. The molecule has 100 valence electrons. The number of halogens is 1. The molecule has 0 aliphatic heterocycles. The van der Waals surface area contributed by atoms with Crippen LogP contribution < -0.4 is 0 Å². The zero-order valence-electron chi connectivity index (χ0n) is 11.4. The topological polar surface area (TPSA) is 34.9 Å². The molecule has 0 bridgehead atoms. The summed E-state index contributed by atoms with van der Waals surface area (Å²) >= 11 is 3.49. The van der Waals surface area contributed by atoms with Gasteiger partial charge in [0, 0.05) is 22.3 Å². The number of hydrogen-bond acceptors (Lipinski definition) is 2. The van der Waals surface area contributed by atoms with Gasteiger partial charge in [0.05, 0.1) is 12.1 Å². The first kappa shape index (κ1) is 14.0. The van der Waals surface area contributed by atoms with E-state index in [0.29, 0.717) is 6.42 Å². The smallest absolute Gasteiger partial charge is 0.169 e. The fourth-order valence-corrected chi connectivity index (χ4v) is 2.62. The number of hydrogen-bond donors (Lipinski definition) is 0. The maximum atomic E-state index is 12.4.